The molecule has 1 N–H and O–H groups in total. The standard InChI is InChI=1S/C15H24O3/c1-10-13-12(18-13)7-8-15(10,14(16)17)9-11-5-3-2-4-6-11/h10-13H,2-9H2,1H3,(H,16,17). The molecule has 0 amide bonds. The first-order chi connectivity index (χ1) is 8.63. The van der Waals surface area contributed by atoms with Gasteiger partial charge in [-0.15, -0.1) is 0 Å². The average molecular weight is 252 g/mol. The highest BCUT2D eigenvalue weighted by atomic mass is 16.6. The molecule has 3 aliphatic rings. The van der Waals surface area contributed by atoms with Crippen molar-refractivity contribution in [2.45, 2.75) is 70.5 Å². The summed E-state index contributed by atoms with van der Waals surface area (Å²) in [4.78, 5) is 11.9. The zero-order valence-electron chi connectivity index (χ0n) is 11.2. The van der Waals surface area contributed by atoms with Crippen LogP contribution in [0.5, 0.6) is 0 Å². The van der Waals surface area contributed by atoms with Gasteiger partial charge >= 0.3 is 5.97 Å². The van der Waals surface area contributed by atoms with Gasteiger partial charge in [0.2, 0.25) is 0 Å². The van der Waals surface area contributed by atoms with Crippen molar-refractivity contribution in [2.75, 3.05) is 0 Å². The molecule has 0 spiro atoms. The minimum Gasteiger partial charge on any atom is -0.481 e. The van der Waals surface area contributed by atoms with Crippen LogP contribution in [0.4, 0.5) is 0 Å². The van der Waals surface area contributed by atoms with Crippen LogP contribution < -0.4 is 0 Å². The number of carbonyl (C=O) groups is 1. The Balaban J connectivity index is 1.75. The molecule has 0 aromatic rings. The maximum absolute atomic E-state index is 11.9. The maximum atomic E-state index is 11.9. The number of carboxylic acid groups (broad SMARTS) is 1. The lowest BCUT2D eigenvalue weighted by molar-refractivity contribution is -0.156. The number of epoxide rings is 1. The summed E-state index contributed by atoms with van der Waals surface area (Å²) in [5, 5.41) is 9.77. The Labute approximate surface area is 109 Å². The Morgan fingerprint density at radius 1 is 1.28 bits per heavy atom. The average Bonchev–Trinajstić information content (AvgIpc) is 3.14. The SMILES string of the molecule is CC1C2OC2CCC1(CC1CCCCC1)C(=O)O. The Bertz CT molecular complexity index is 335. The van der Waals surface area contributed by atoms with Crippen LogP contribution in [-0.2, 0) is 9.53 Å². The Morgan fingerprint density at radius 3 is 2.67 bits per heavy atom. The maximum Gasteiger partial charge on any atom is 0.310 e. The van der Waals surface area contributed by atoms with Gasteiger partial charge in [-0.3, -0.25) is 4.79 Å². The first-order valence-corrected chi connectivity index (χ1v) is 7.52. The van der Waals surface area contributed by atoms with Crippen LogP contribution in [0.1, 0.15) is 58.3 Å². The van der Waals surface area contributed by atoms with E-state index in [1.54, 1.807) is 0 Å². The largest absolute Gasteiger partial charge is 0.481 e. The van der Waals surface area contributed by atoms with E-state index in [0.717, 1.165) is 19.3 Å². The van der Waals surface area contributed by atoms with E-state index in [2.05, 4.69) is 6.92 Å². The van der Waals surface area contributed by atoms with Gasteiger partial charge in [0.25, 0.3) is 0 Å². The first-order valence-electron chi connectivity index (χ1n) is 7.52. The van der Waals surface area contributed by atoms with Crippen LogP contribution in [0.3, 0.4) is 0 Å². The Hall–Kier alpha value is -0.570. The van der Waals surface area contributed by atoms with Gasteiger partial charge in [0.05, 0.1) is 17.6 Å². The molecule has 3 fully saturated rings. The molecule has 0 aromatic carbocycles. The highest BCUT2D eigenvalue weighted by Crippen LogP contribution is 2.54. The summed E-state index contributed by atoms with van der Waals surface area (Å²) in [6.45, 7) is 2.10. The molecule has 1 heterocycles. The molecule has 18 heavy (non-hydrogen) atoms. The summed E-state index contributed by atoms with van der Waals surface area (Å²) < 4.78 is 5.62. The van der Waals surface area contributed by atoms with Crippen LogP contribution >= 0.6 is 0 Å². The molecular weight excluding hydrogens is 228 g/mol. The summed E-state index contributed by atoms with van der Waals surface area (Å²) in [5.41, 5.74) is -0.500. The third-order valence-corrected chi connectivity index (χ3v) is 5.66. The third kappa shape index (κ3) is 1.97. The van der Waals surface area contributed by atoms with Crippen molar-refractivity contribution < 1.29 is 14.6 Å². The van der Waals surface area contributed by atoms with Crippen molar-refractivity contribution >= 4 is 5.97 Å². The van der Waals surface area contributed by atoms with Gasteiger partial charge in [-0.2, -0.15) is 0 Å². The normalized spacial score (nSPS) is 44.4. The molecule has 3 nitrogen and oxygen atoms in total. The molecule has 0 radical (unpaired) electrons. The second-order valence-electron chi connectivity index (χ2n) is 6.64. The van der Waals surface area contributed by atoms with E-state index < -0.39 is 11.4 Å². The number of hydrogen-bond donors (Lipinski definition) is 1. The molecule has 102 valence electrons. The molecular formula is C15H24O3. The zero-order valence-corrected chi connectivity index (χ0v) is 11.2. The van der Waals surface area contributed by atoms with E-state index in [0.29, 0.717) is 12.0 Å². The number of hydrogen-bond acceptors (Lipinski definition) is 2. The number of rotatable bonds is 3. The summed E-state index contributed by atoms with van der Waals surface area (Å²) >= 11 is 0. The fourth-order valence-corrected chi connectivity index (χ4v) is 4.35. The fraction of sp³-hybridized carbons (Fsp3) is 0.933. The van der Waals surface area contributed by atoms with Gasteiger partial charge in [-0.05, 0) is 25.2 Å². The van der Waals surface area contributed by atoms with Gasteiger partial charge in [0, 0.05) is 5.92 Å². The molecule has 3 heteroatoms. The van der Waals surface area contributed by atoms with Gasteiger partial charge in [-0.1, -0.05) is 39.0 Å². The molecule has 2 saturated carbocycles. The molecule has 1 saturated heterocycles. The van der Waals surface area contributed by atoms with Crippen LogP contribution in [0.15, 0.2) is 0 Å². The van der Waals surface area contributed by atoms with Gasteiger partial charge in [0.1, 0.15) is 0 Å². The van der Waals surface area contributed by atoms with Crippen LogP contribution in [0, 0.1) is 17.3 Å². The van der Waals surface area contributed by atoms with Gasteiger partial charge in [-0.25, -0.2) is 0 Å². The highest BCUT2D eigenvalue weighted by Gasteiger charge is 2.59. The fourth-order valence-electron chi connectivity index (χ4n) is 4.35. The predicted molar refractivity (Wildman–Crippen MR) is 68.3 cm³/mol. The molecule has 1 aliphatic heterocycles. The minimum absolute atomic E-state index is 0.190. The van der Waals surface area contributed by atoms with Crippen molar-refractivity contribution in [1.29, 1.82) is 0 Å². The van der Waals surface area contributed by atoms with Crippen molar-refractivity contribution in [2.24, 2.45) is 17.3 Å². The lowest BCUT2D eigenvalue weighted by atomic mass is 9.61. The molecule has 3 rings (SSSR count). The van der Waals surface area contributed by atoms with E-state index in [4.69, 9.17) is 4.74 Å². The van der Waals surface area contributed by atoms with E-state index >= 15 is 0 Å². The van der Waals surface area contributed by atoms with Crippen LogP contribution in [0.2, 0.25) is 0 Å². The van der Waals surface area contributed by atoms with Crippen molar-refractivity contribution in [3.63, 3.8) is 0 Å². The summed E-state index contributed by atoms with van der Waals surface area (Å²) in [5.74, 6) is 0.248. The molecule has 4 unspecified atom stereocenters. The lowest BCUT2D eigenvalue weighted by Gasteiger charge is -2.40. The van der Waals surface area contributed by atoms with Crippen molar-refractivity contribution in [1.82, 2.24) is 0 Å². The highest BCUT2D eigenvalue weighted by molar-refractivity contribution is 5.75. The van der Waals surface area contributed by atoms with E-state index in [1.165, 1.54) is 32.1 Å². The monoisotopic (exact) mass is 252 g/mol. The van der Waals surface area contributed by atoms with Gasteiger partial charge < -0.3 is 9.84 Å². The molecule has 2 aliphatic carbocycles. The summed E-state index contributed by atoms with van der Waals surface area (Å²) in [6, 6.07) is 0. The number of carboxylic acids is 1. The van der Waals surface area contributed by atoms with Crippen LogP contribution in [-0.4, -0.2) is 23.3 Å². The number of aliphatic carboxylic acids is 1. The van der Waals surface area contributed by atoms with E-state index in [-0.39, 0.29) is 12.0 Å². The second kappa shape index (κ2) is 4.52. The smallest absolute Gasteiger partial charge is 0.310 e. The second-order valence-corrected chi connectivity index (χ2v) is 6.64. The summed E-state index contributed by atoms with van der Waals surface area (Å²) in [7, 11) is 0. The number of ether oxygens (including phenoxy) is 1. The molecule has 0 bridgehead atoms. The molecule has 4 atom stereocenters. The predicted octanol–water partition coefficient (Wildman–Crippen LogP) is 3.23. The summed E-state index contributed by atoms with van der Waals surface area (Å²) in [6.07, 6.45) is 9.64. The quantitative estimate of drug-likeness (QED) is 0.784. The van der Waals surface area contributed by atoms with E-state index in [9.17, 15) is 9.90 Å². The lowest BCUT2D eigenvalue weighted by Crippen LogP contribution is -2.44. The Kier molecular flexibility index (Phi) is 3.13. The minimum atomic E-state index is -0.575. The zero-order chi connectivity index (χ0) is 12.8. The topological polar surface area (TPSA) is 49.8 Å². The Morgan fingerprint density at radius 2 is 2.00 bits per heavy atom. The number of fused-ring (bicyclic) bond motifs is 1. The van der Waals surface area contributed by atoms with Crippen molar-refractivity contribution in [3.8, 4) is 0 Å². The van der Waals surface area contributed by atoms with Crippen molar-refractivity contribution in [3.05, 3.63) is 0 Å². The first kappa shape index (κ1) is 12.5. The third-order valence-electron chi connectivity index (χ3n) is 5.66. The van der Waals surface area contributed by atoms with Crippen LogP contribution in [0.25, 0.3) is 0 Å². The van der Waals surface area contributed by atoms with E-state index in [1.807, 2.05) is 0 Å². The molecule has 0 aromatic heterocycles. The van der Waals surface area contributed by atoms with Gasteiger partial charge in [0.15, 0.2) is 0 Å².